The molecule has 1 atom stereocenters. The van der Waals surface area contributed by atoms with Gasteiger partial charge in [-0.3, -0.25) is 4.79 Å². The zero-order chi connectivity index (χ0) is 12.1. The summed E-state index contributed by atoms with van der Waals surface area (Å²) < 4.78 is 5.25. The van der Waals surface area contributed by atoms with Gasteiger partial charge in [-0.05, 0) is 19.9 Å². The SMILES string of the molecule is COc1ccc(C)cc1C(C)NC(=O)CCl. The Bertz CT molecular complexity index is 379. The second-order valence-electron chi connectivity index (χ2n) is 3.67. The molecule has 0 aliphatic rings. The highest BCUT2D eigenvalue weighted by molar-refractivity contribution is 6.27. The number of rotatable bonds is 4. The molecule has 88 valence electrons. The molecule has 1 amide bonds. The van der Waals surface area contributed by atoms with Crippen LogP contribution in [0.2, 0.25) is 0 Å². The number of halogens is 1. The first-order valence-electron chi connectivity index (χ1n) is 5.08. The first-order chi connectivity index (χ1) is 7.58. The van der Waals surface area contributed by atoms with Crippen molar-refractivity contribution < 1.29 is 9.53 Å². The van der Waals surface area contributed by atoms with Crippen LogP contribution in [0.5, 0.6) is 5.75 Å². The molecule has 1 N–H and O–H groups in total. The third-order valence-corrected chi connectivity index (χ3v) is 2.59. The van der Waals surface area contributed by atoms with Gasteiger partial charge in [0.1, 0.15) is 11.6 Å². The highest BCUT2D eigenvalue weighted by Gasteiger charge is 2.13. The number of methoxy groups -OCH3 is 1. The van der Waals surface area contributed by atoms with E-state index in [9.17, 15) is 4.79 Å². The Kier molecular flexibility index (Phi) is 4.62. The van der Waals surface area contributed by atoms with Gasteiger partial charge in [0.05, 0.1) is 13.2 Å². The Labute approximate surface area is 101 Å². The van der Waals surface area contributed by atoms with Crippen LogP contribution in [0.15, 0.2) is 18.2 Å². The summed E-state index contributed by atoms with van der Waals surface area (Å²) in [4.78, 5) is 11.2. The third kappa shape index (κ3) is 3.14. The van der Waals surface area contributed by atoms with Crippen LogP contribution in [0.4, 0.5) is 0 Å². The van der Waals surface area contributed by atoms with Crippen LogP contribution < -0.4 is 10.1 Å². The van der Waals surface area contributed by atoms with E-state index < -0.39 is 0 Å². The number of amides is 1. The Morgan fingerprint density at radius 2 is 2.25 bits per heavy atom. The maximum absolute atomic E-state index is 11.2. The summed E-state index contributed by atoms with van der Waals surface area (Å²) in [6.45, 7) is 3.90. The summed E-state index contributed by atoms with van der Waals surface area (Å²) >= 11 is 5.45. The largest absolute Gasteiger partial charge is 0.496 e. The van der Waals surface area contributed by atoms with Crippen molar-refractivity contribution in [3.63, 3.8) is 0 Å². The standard InChI is InChI=1S/C12H16ClNO2/c1-8-4-5-11(16-3)10(6-8)9(2)14-12(15)7-13/h4-6,9H,7H2,1-3H3,(H,14,15). The van der Waals surface area contributed by atoms with Gasteiger partial charge in [-0.25, -0.2) is 0 Å². The molecule has 0 aliphatic carbocycles. The van der Waals surface area contributed by atoms with Crippen molar-refractivity contribution in [3.05, 3.63) is 29.3 Å². The van der Waals surface area contributed by atoms with Gasteiger partial charge in [-0.15, -0.1) is 11.6 Å². The Hall–Kier alpha value is -1.22. The molecule has 4 heteroatoms. The third-order valence-electron chi connectivity index (χ3n) is 2.35. The highest BCUT2D eigenvalue weighted by Crippen LogP contribution is 2.25. The Morgan fingerprint density at radius 1 is 1.56 bits per heavy atom. The van der Waals surface area contributed by atoms with Gasteiger partial charge in [0.15, 0.2) is 0 Å². The molecule has 0 fully saturated rings. The number of carbonyl (C=O) groups excluding carboxylic acids is 1. The fourth-order valence-corrected chi connectivity index (χ4v) is 1.63. The zero-order valence-corrected chi connectivity index (χ0v) is 10.5. The van der Waals surface area contributed by atoms with E-state index in [1.807, 2.05) is 32.0 Å². The number of hydrogen-bond donors (Lipinski definition) is 1. The van der Waals surface area contributed by atoms with Crippen molar-refractivity contribution in [2.45, 2.75) is 19.9 Å². The van der Waals surface area contributed by atoms with Gasteiger partial charge in [0, 0.05) is 5.56 Å². The first kappa shape index (κ1) is 12.8. The average molecular weight is 242 g/mol. The van der Waals surface area contributed by atoms with Crippen LogP contribution in [0.1, 0.15) is 24.1 Å². The zero-order valence-electron chi connectivity index (χ0n) is 9.71. The molecule has 1 aromatic carbocycles. The predicted molar refractivity (Wildman–Crippen MR) is 65.0 cm³/mol. The Balaban J connectivity index is 2.92. The summed E-state index contributed by atoms with van der Waals surface area (Å²) in [6, 6.07) is 5.76. The molecule has 0 radical (unpaired) electrons. The lowest BCUT2D eigenvalue weighted by Crippen LogP contribution is -2.27. The lowest BCUT2D eigenvalue weighted by atomic mass is 10.0. The van der Waals surface area contributed by atoms with E-state index in [2.05, 4.69) is 5.32 Å². The number of alkyl halides is 1. The summed E-state index contributed by atoms with van der Waals surface area (Å²) in [7, 11) is 1.62. The van der Waals surface area contributed by atoms with E-state index >= 15 is 0 Å². The molecule has 16 heavy (non-hydrogen) atoms. The molecule has 0 aromatic heterocycles. The van der Waals surface area contributed by atoms with E-state index in [0.717, 1.165) is 16.9 Å². The Morgan fingerprint density at radius 3 is 2.81 bits per heavy atom. The van der Waals surface area contributed by atoms with Crippen LogP contribution in [0.3, 0.4) is 0 Å². The lowest BCUT2D eigenvalue weighted by Gasteiger charge is -2.17. The van der Waals surface area contributed by atoms with Crippen LogP contribution in [0.25, 0.3) is 0 Å². The van der Waals surface area contributed by atoms with Crippen molar-refractivity contribution >= 4 is 17.5 Å². The molecule has 0 aliphatic heterocycles. The van der Waals surface area contributed by atoms with E-state index in [1.165, 1.54) is 0 Å². The van der Waals surface area contributed by atoms with Crippen molar-refractivity contribution in [2.75, 3.05) is 13.0 Å². The number of ether oxygens (including phenoxy) is 1. The highest BCUT2D eigenvalue weighted by atomic mass is 35.5. The summed E-state index contributed by atoms with van der Waals surface area (Å²) in [5.41, 5.74) is 2.09. The second kappa shape index (κ2) is 5.75. The summed E-state index contributed by atoms with van der Waals surface area (Å²) in [6.07, 6.45) is 0. The number of hydrogen-bond acceptors (Lipinski definition) is 2. The van der Waals surface area contributed by atoms with Crippen molar-refractivity contribution in [1.29, 1.82) is 0 Å². The van der Waals surface area contributed by atoms with Crippen LogP contribution in [-0.4, -0.2) is 18.9 Å². The van der Waals surface area contributed by atoms with Gasteiger partial charge in [-0.1, -0.05) is 17.7 Å². The van der Waals surface area contributed by atoms with Crippen LogP contribution in [0, 0.1) is 6.92 Å². The van der Waals surface area contributed by atoms with Crippen molar-refractivity contribution in [3.8, 4) is 5.75 Å². The van der Waals surface area contributed by atoms with Crippen LogP contribution >= 0.6 is 11.6 Å². The van der Waals surface area contributed by atoms with Gasteiger partial charge >= 0.3 is 0 Å². The normalized spacial score (nSPS) is 12.0. The number of benzene rings is 1. The monoisotopic (exact) mass is 241 g/mol. The molecule has 3 nitrogen and oxygen atoms in total. The fraction of sp³-hybridized carbons (Fsp3) is 0.417. The summed E-state index contributed by atoms with van der Waals surface area (Å²) in [5, 5.41) is 2.80. The van der Waals surface area contributed by atoms with Gasteiger partial charge in [0.2, 0.25) is 5.91 Å². The number of nitrogens with one attached hydrogen (secondary N) is 1. The van der Waals surface area contributed by atoms with Gasteiger partial charge < -0.3 is 10.1 Å². The molecular weight excluding hydrogens is 226 g/mol. The number of carbonyl (C=O) groups is 1. The van der Waals surface area contributed by atoms with E-state index in [0.29, 0.717) is 0 Å². The maximum atomic E-state index is 11.2. The van der Waals surface area contributed by atoms with E-state index in [-0.39, 0.29) is 17.8 Å². The van der Waals surface area contributed by atoms with Gasteiger partial charge in [-0.2, -0.15) is 0 Å². The predicted octanol–water partition coefficient (Wildman–Crippen LogP) is 2.42. The first-order valence-corrected chi connectivity index (χ1v) is 5.61. The smallest absolute Gasteiger partial charge is 0.235 e. The molecule has 0 saturated carbocycles. The van der Waals surface area contributed by atoms with Crippen molar-refractivity contribution in [2.24, 2.45) is 0 Å². The molecule has 1 unspecified atom stereocenters. The minimum atomic E-state index is -0.183. The minimum absolute atomic E-state index is 0.0293. The average Bonchev–Trinajstić information content (AvgIpc) is 2.28. The summed E-state index contributed by atoms with van der Waals surface area (Å²) in [5.74, 6) is 0.559. The van der Waals surface area contributed by atoms with E-state index in [1.54, 1.807) is 7.11 Å². The van der Waals surface area contributed by atoms with Gasteiger partial charge in [0.25, 0.3) is 0 Å². The maximum Gasteiger partial charge on any atom is 0.235 e. The molecule has 0 bridgehead atoms. The molecule has 1 aromatic rings. The number of aryl methyl sites for hydroxylation is 1. The molecule has 1 rings (SSSR count). The molecule has 0 saturated heterocycles. The second-order valence-corrected chi connectivity index (χ2v) is 3.94. The molecular formula is C12H16ClNO2. The minimum Gasteiger partial charge on any atom is -0.496 e. The van der Waals surface area contributed by atoms with Crippen molar-refractivity contribution in [1.82, 2.24) is 5.32 Å². The molecule has 0 spiro atoms. The topological polar surface area (TPSA) is 38.3 Å². The fourth-order valence-electron chi connectivity index (χ4n) is 1.55. The molecule has 0 heterocycles. The lowest BCUT2D eigenvalue weighted by molar-refractivity contribution is -0.119. The quantitative estimate of drug-likeness (QED) is 0.823. The van der Waals surface area contributed by atoms with Crippen LogP contribution in [-0.2, 0) is 4.79 Å². The van der Waals surface area contributed by atoms with E-state index in [4.69, 9.17) is 16.3 Å².